The molecule has 11 nitrogen and oxygen atoms in total. The summed E-state index contributed by atoms with van der Waals surface area (Å²) in [6.07, 6.45) is 5.43. The highest BCUT2D eigenvalue weighted by Crippen LogP contribution is 2.45. The van der Waals surface area contributed by atoms with Gasteiger partial charge in [0.15, 0.2) is 0 Å². The van der Waals surface area contributed by atoms with Gasteiger partial charge < -0.3 is 20.5 Å². The molecule has 0 bridgehead atoms. The van der Waals surface area contributed by atoms with E-state index in [4.69, 9.17) is 20.2 Å². The van der Waals surface area contributed by atoms with E-state index in [0.29, 0.717) is 58.3 Å². The number of carbonyl (C=O) groups is 1. The second-order valence-corrected chi connectivity index (χ2v) is 15.5. The molecular weight excluding hydrogens is 653 g/mol. The van der Waals surface area contributed by atoms with Gasteiger partial charge in [-0.05, 0) is 68.0 Å². The molecule has 1 saturated carbocycles. The first-order valence-electron chi connectivity index (χ1n) is 16.6. The number of ether oxygens (including phenoxy) is 2. The van der Waals surface area contributed by atoms with E-state index < -0.39 is 21.7 Å². The third-order valence-electron chi connectivity index (χ3n) is 9.34. The number of pyridine rings is 1. The molecular formula is C38H42N6O5S. The summed E-state index contributed by atoms with van der Waals surface area (Å²) in [5, 5.41) is 4.89. The fourth-order valence-electron chi connectivity index (χ4n) is 6.66. The average Bonchev–Trinajstić information content (AvgIpc) is 3.07. The largest absolute Gasteiger partial charge is 0.443 e. The number of fused-ring (bicyclic) bond motifs is 1. The Bertz CT molecular complexity index is 2110. The fourth-order valence-corrected chi connectivity index (χ4v) is 7.86. The number of anilines is 2. The van der Waals surface area contributed by atoms with E-state index >= 15 is 0 Å². The molecule has 260 valence electrons. The lowest BCUT2D eigenvalue weighted by atomic mass is 9.67. The molecule has 2 heterocycles. The highest BCUT2D eigenvalue weighted by Gasteiger charge is 2.47. The Hall–Kier alpha value is -5.23. The van der Waals surface area contributed by atoms with Crippen LogP contribution in [0.2, 0.25) is 0 Å². The van der Waals surface area contributed by atoms with Gasteiger partial charge in [-0.15, -0.1) is 0 Å². The smallest absolute Gasteiger partial charge is 0.405 e. The lowest BCUT2D eigenvalue weighted by Crippen LogP contribution is -2.51. The molecule has 50 heavy (non-hydrogen) atoms. The third kappa shape index (κ3) is 7.65. The van der Waals surface area contributed by atoms with Crippen LogP contribution in [0.15, 0.2) is 91.3 Å². The van der Waals surface area contributed by atoms with Crippen LogP contribution < -0.4 is 20.5 Å². The molecule has 1 fully saturated rings. The maximum absolute atomic E-state index is 13.2. The van der Waals surface area contributed by atoms with Gasteiger partial charge in [-0.2, -0.15) is 0 Å². The van der Waals surface area contributed by atoms with Gasteiger partial charge in [-0.1, -0.05) is 75.4 Å². The van der Waals surface area contributed by atoms with Crippen LogP contribution in [0.25, 0.3) is 22.0 Å². The first-order valence-corrected chi connectivity index (χ1v) is 18.3. The molecule has 4 N–H and O–H groups in total. The number of sulfonamides is 1. The molecule has 0 radical (unpaired) electrons. The zero-order valence-corrected chi connectivity index (χ0v) is 29.5. The Labute approximate surface area is 292 Å². The molecule has 5 aromatic rings. The number of carbonyl (C=O) groups excluding carboxylic acids is 1. The van der Waals surface area contributed by atoms with Crippen LogP contribution in [-0.2, 0) is 20.5 Å². The lowest BCUT2D eigenvalue weighted by molar-refractivity contribution is -0.0905. The second-order valence-electron chi connectivity index (χ2n) is 13.8. The van der Waals surface area contributed by atoms with Crippen LogP contribution in [-0.4, -0.2) is 41.1 Å². The van der Waals surface area contributed by atoms with E-state index in [1.807, 2.05) is 61.5 Å². The number of aryl methyl sites for hydroxylation is 1. The van der Waals surface area contributed by atoms with Gasteiger partial charge >= 0.3 is 6.09 Å². The summed E-state index contributed by atoms with van der Waals surface area (Å²) in [6, 6.07) is 23.9. The number of hydrogen-bond acceptors (Lipinski definition) is 9. The maximum Gasteiger partial charge on any atom is 0.405 e. The SMILES string of the molecule is Cc1cc(NS(=O)(=O)Cc2ccccc2)c2ccccc2c1Oc1ncccc1-c1ccnc(NC2CCC(OC(N)=O)(C(C)(C)C)CC2)n1. The topological polar surface area (TPSA) is 158 Å². The third-order valence-corrected chi connectivity index (χ3v) is 10.6. The standard InChI is InChI=1S/C38H42N6O5S/c1-25-23-32(44-50(46,47)24-26-11-6-5-7-12-26)28-13-8-9-14-29(28)33(25)48-34-30(15-10-21-40-34)31-18-22-41-36(43-31)42-27-16-19-38(20-17-27,37(2,3)4)49-35(39)45/h5-15,18,21-23,27,44H,16-17,19-20,24H2,1-4H3,(H2,39,45)(H,41,42,43). The first-order chi connectivity index (χ1) is 23.8. The Morgan fingerprint density at radius 1 is 0.940 bits per heavy atom. The minimum Gasteiger partial charge on any atom is -0.443 e. The van der Waals surface area contributed by atoms with Crippen molar-refractivity contribution in [1.29, 1.82) is 0 Å². The van der Waals surface area contributed by atoms with Gasteiger partial charge in [0.2, 0.25) is 21.9 Å². The van der Waals surface area contributed by atoms with Crippen molar-refractivity contribution in [3.63, 3.8) is 0 Å². The predicted octanol–water partition coefficient (Wildman–Crippen LogP) is 7.97. The second kappa shape index (κ2) is 13.9. The molecule has 0 unspecified atom stereocenters. The summed E-state index contributed by atoms with van der Waals surface area (Å²) in [7, 11) is -3.69. The van der Waals surface area contributed by atoms with Crippen LogP contribution in [0, 0.1) is 12.3 Å². The number of nitrogens with one attached hydrogen (secondary N) is 2. The van der Waals surface area contributed by atoms with Gasteiger partial charge in [0, 0.05) is 34.6 Å². The van der Waals surface area contributed by atoms with Crippen LogP contribution in [0.3, 0.4) is 0 Å². The normalized spacial score (nSPS) is 18.0. The number of rotatable bonds is 10. The fraction of sp³-hybridized carbons (Fsp3) is 0.316. The number of hydrogen-bond donors (Lipinski definition) is 3. The Balaban J connectivity index is 1.23. The molecule has 0 aliphatic heterocycles. The highest BCUT2D eigenvalue weighted by atomic mass is 32.2. The number of benzene rings is 3. The molecule has 0 atom stereocenters. The minimum atomic E-state index is -3.69. The van der Waals surface area contributed by atoms with E-state index in [0.717, 1.165) is 23.8 Å². The summed E-state index contributed by atoms with van der Waals surface area (Å²) < 4.78 is 41.4. The molecule has 0 saturated heterocycles. The van der Waals surface area contributed by atoms with E-state index in [2.05, 4.69) is 40.8 Å². The molecule has 1 amide bonds. The first kappa shape index (κ1) is 34.6. The van der Waals surface area contributed by atoms with Gasteiger partial charge in [-0.3, -0.25) is 4.72 Å². The van der Waals surface area contributed by atoms with Crippen LogP contribution in [0.1, 0.15) is 57.6 Å². The number of aromatic nitrogens is 3. The molecule has 6 rings (SSSR count). The summed E-state index contributed by atoms with van der Waals surface area (Å²) in [5.74, 6) is 1.23. The van der Waals surface area contributed by atoms with E-state index in [1.54, 1.807) is 36.7 Å². The summed E-state index contributed by atoms with van der Waals surface area (Å²) in [4.78, 5) is 25.6. The number of nitrogens with two attached hydrogens (primary N) is 1. The van der Waals surface area contributed by atoms with Crippen LogP contribution >= 0.6 is 0 Å². The molecule has 1 aliphatic rings. The van der Waals surface area contributed by atoms with Crippen LogP contribution in [0.5, 0.6) is 11.6 Å². The number of amides is 1. The van der Waals surface area contributed by atoms with Gasteiger partial charge in [0.05, 0.1) is 22.7 Å². The van der Waals surface area contributed by atoms with Crippen molar-refractivity contribution in [2.45, 2.75) is 70.8 Å². The Morgan fingerprint density at radius 2 is 1.64 bits per heavy atom. The summed E-state index contributed by atoms with van der Waals surface area (Å²) in [6.45, 7) is 8.07. The van der Waals surface area contributed by atoms with Crippen molar-refractivity contribution in [1.82, 2.24) is 15.0 Å². The average molecular weight is 695 g/mol. The van der Waals surface area contributed by atoms with Crippen molar-refractivity contribution in [3.8, 4) is 22.9 Å². The molecule has 12 heteroatoms. The van der Waals surface area contributed by atoms with E-state index in [-0.39, 0.29) is 17.2 Å². The molecule has 1 aliphatic carbocycles. The molecule has 3 aromatic carbocycles. The number of nitrogens with zero attached hydrogens (tertiary/aromatic N) is 3. The highest BCUT2D eigenvalue weighted by molar-refractivity contribution is 7.91. The monoisotopic (exact) mass is 694 g/mol. The minimum absolute atomic E-state index is 0.0828. The lowest BCUT2D eigenvalue weighted by Gasteiger charge is -2.47. The maximum atomic E-state index is 13.2. The van der Waals surface area contributed by atoms with Crippen molar-refractivity contribution in [3.05, 3.63) is 102 Å². The van der Waals surface area contributed by atoms with Gasteiger partial charge in [-0.25, -0.2) is 28.2 Å². The van der Waals surface area contributed by atoms with E-state index in [9.17, 15) is 13.2 Å². The summed E-state index contributed by atoms with van der Waals surface area (Å²) in [5.41, 5.74) is 7.74. The van der Waals surface area contributed by atoms with Crippen molar-refractivity contribution in [2.24, 2.45) is 11.1 Å². The van der Waals surface area contributed by atoms with Crippen molar-refractivity contribution in [2.75, 3.05) is 10.0 Å². The van der Waals surface area contributed by atoms with Crippen LogP contribution in [0.4, 0.5) is 16.4 Å². The quantitative estimate of drug-likeness (QED) is 0.132. The zero-order valence-electron chi connectivity index (χ0n) is 28.6. The van der Waals surface area contributed by atoms with Crippen molar-refractivity contribution >= 4 is 38.5 Å². The Kier molecular flexibility index (Phi) is 9.66. The van der Waals surface area contributed by atoms with Gasteiger partial charge in [0.1, 0.15) is 11.4 Å². The number of primary amides is 1. The van der Waals surface area contributed by atoms with Gasteiger partial charge in [0.25, 0.3) is 0 Å². The zero-order chi connectivity index (χ0) is 35.5. The molecule has 0 spiro atoms. The van der Waals surface area contributed by atoms with Crippen molar-refractivity contribution < 1.29 is 22.7 Å². The van der Waals surface area contributed by atoms with E-state index in [1.165, 1.54) is 0 Å². The molecule has 2 aromatic heterocycles. The predicted molar refractivity (Wildman–Crippen MR) is 195 cm³/mol. The summed E-state index contributed by atoms with van der Waals surface area (Å²) >= 11 is 0. The Morgan fingerprint density at radius 3 is 2.34 bits per heavy atom.